The molecule has 2 amide bonds. The van der Waals surface area contributed by atoms with E-state index in [0.29, 0.717) is 10.7 Å². The number of amides is 2. The van der Waals surface area contributed by atoms with Gasteiger partial charge >= 0.3 is 5.97 Å². The summed E-state index contributed by atoms with van der Waals surface area (Å²) >= 11 is 0.878. The number of carbonyl (C=O) groups excluding carboxylic acids is 3. The van der Waals surface area contributed by atoms with Gasteiger partial charge in [0.25, 0.3) is 11.1 Å². The number of hydrogen-bond acceptors (Lipinski definition) is 5. The molecule has 6 heteroatoms. The van der Waals surface area contributed by atoms with Gasteiger partial charge in [-0.05, 0) is 60.9 Å². The Bertz CT molecular complexity index is 676. The first-order valence-corrected chi connectivity index (χ1v) is 7.42. The molecule has 1 saturated carbocycles. The van der Waals surface area contributed by atoms with E-state index in [4.69, 9.17) is 4.74 Å². The van der Waals surface area contributed by atoms with E-state index < -0.39 is 0 Å². The lowest BCUT2D eigenvalue weighted by molar-refractivity contribution is -0.135. The molecule has 0 atom stereocenters. The van der Waals surface area contributed by atoms with Crippen molar-refractivity contribution >= 4 is 35.0 Å². The van der Waals surface area contributed by atoms with Crippen LogP contribution in [-0.2, 0) is 9.59 Å². The molecule has 1 aliphatic heterocycles. The number of esters is 1. The normalized spacial score (nSPS) is 19.8. The molecule has 1 aromatic rings. The first-order chi connectivity index (χ1) is 10.0. The van der Waals surface area contributed by atoms with Crippen molar-refractivity contribution in [3.63, 3.8) is 0 Å². The predicted octanol–water partition coefficient (Wildman–Crippen LogP) is 2.63. The molecule has 0 bridgehead atoms. The molecule has 108 valence electrons. The summed E-state index contributed by atoms with van der Waals surface area (Å²) in [4.78, 5) is 34.6. The van der Waals surface area contributed by atoms with E-state index in [2.05, 4.69) is 5.32 Å². The zero-order chi connectivity index (χ0) is 15.0. The van der Waals surface area contributed by atoms with E-state index in [1.54, 1.807) is 18.2 Å². The quantitative estimate of drug-likeness (QED) is 0.528. The van der Waals surface area contributed by atoms with E-state index in [0.717, 1.165) is 35.7 Å². The summed E-state index contributed by atoms with van der Waals surface area (Å²) in [7, 11) is 0. The second-order valence-electron chi connectivity index (χ2n) is 5.07. The van der Waals surface area contributed by atoms with Crippen molar-refractivity contribution in [2.45, 2.75) is 19.8 Å². The van der Waals surface area contributed by atoms with Crippen LogP contribution in [0.2, 0.25) is 0 Å². The van der Waals surface area contributed by atoms with Gasteiger partial charge in [-0.2, -0.15) is 0 Å². The van der Waals surface area contributed by atoms with Crippen LogP contribution in [0, 0.1) is 12.8 Å². The zero-order valence-corrected chi connectivity index (χ0v) is 12.2. The van der Waals surface area contributed by atoms with Gasteiger partial charge in [0.1, 0.15) is 5.75 Å². The third kappa shape index (κ3) is 3.16. The molecule has 3 rings (SSSR count). The van der Waals surface area contributed by atoms with Gasteiger partial charge in [-0.3, -0.25) is 19.7 Å². The van der Waals surface area contributed by atoms with Gasteiger partial charge in [-0.15, -0.1) is 0 Å². The Kier molecular flexibility index (Phi) is 3.55. The molecule has 0 spiro atoms. The maximum Gasteiger partial charge on any atom is 0.314 e. The molecular weight excluding hydrogens is 290 g/mol. The number of aryl methyl sites for hydroxylation is 1. The third-order valence-corrected chi connectivity index (χ3v) is 4.07. The van der Waals surface area contributed by atoms with Gasteiger partial charge in [-0.25, -0.2) is 0 Å². The van der Waals surface area contributed by atoms with Crippen molar-refractivity contribution < 1.29 is 19.1 Å². The minimum atomic E-state index is -0.383. The highest BCUT2D eigenvalue weighted by molar-refractivity contribution is 8.18. The Balaban J connectivity index is 1.77. The molecule has 0 aromatic heterocycles. The smallest absolute Gasteiger partial charge is 0.314 e. The fraction of sp³-hybridized carbons (Fsp3) is 0.267. The molecular formula is C15H13NO4S. The SMILES string of the molecule is Cc1cc(/C=C2\SC(=O)NC2=O)ccc1OC(=O)C1CC1. The van der Waals surface area contributed by atoms with Crippen molar-refractivity contribution in [2.75, 3.05) is 0 Å². The molecule has 2 fully saturated rings. The molecule has 1 heterocycles. The van der Waals surface area contributed by atoms with Gasteiger partial charge in [-0.1, -0.05) is 6.07 Å². The molecule has 0 radical (unpaired) electrons. The Morgan fingerprint density at radius 3 is 2.71 bits per heavy atom. The monoisotopic (exact) mass is 303 g/mol. The van der Waals surface area contributed by atoms with E-state index in [-0.39, 0.29) is 23.0 Å². The summed E-state index contributed by atoms with van der Waals surface area (Å²) in [6.45, 7) is 1.84. The van der Waals surface area contributed by atoms with E-state index in [1.165, 1.54) is 0 Å². The number of hydrogen-bond donors (Lipinski definition) is 1. The van der Waals surface area contributed by atoms with Gasteiger partial charge < -0.3 is 4.74 Å². The Labute approximate surface area is 125 Å². The third-order valence-electron chi connectivity index (χ3n) is 3.26. The average Bonchev–Trinajstić information content (AvgIpc) is 3.21. The lowest BCUT2D eigenvalue weighted by atomic mass is 10.1. The highest BCUT2D eigenvalue weighted by Gasteiger charge is 2.31. The number of imide groups is 1. The first kappa shape index (κ1) is 13.9. The molecule has 1 N–H and O–H groups in total. The van der Waals surface area contributed by atoms with E-state index in [1.807, 2.05) is 13.0 Å². The Morgan fingerprint density at radius 1 is 1.38 bits per heavy atom. The van der Waals surface area contributed by atoms with E-state index >= 15 is 0 Å². The second-order valence-corrected chi connectivity index (χ2v) is 6.09. The van der Waals surface area contributed by atoms with Crippen LogP contribution in [-0.4, -0.2) is 17.1 Å². The fourth-order valence-electron chi connectivity index (χ4n) is 1.96. The molecule has 1 saturated heterocycles. The average molecular weight is 303 g/mol. The lowest BCUT2D eigenvalue weighted by Gasteiger charge is -2.07. The minimum Gasteiger partial charge on any atom is -0.426 e. The van der Waals surface area contributed by atoms with Gasteiger partial charge in [0.15, 0.2) is 0 Å². The van der Waals surface area contributed by atoms with Crippen LogP contribution in [0.5, 0.6) is 5.75 Å². The molecule has 1 aromatic carbocycles. The molecule has 21 heavy (non-hydrogen) atoms. The zero-order valence-electron chi connectivity index (χ0n) is 11.3. The van der Waals surface area contributed by atoms with Crippen LogP contribution in [0.1, 0.15) is 24.0 Å². The maximum atomic E-state index is 11.6. The highest BCUT2D eigenvalue weighted by atomic mass is 32.2. The first-order valence-electron chi connectivity index (χ1n) is 6.60. The number of ether oxygens (including phenoxy) is 1. The summed E-state index contributed by atoms with van der Waals surface area (Å²) in [5.41, 5.74) is 1.60. The minimum absolute atomic E-state index is 0.0517. The summed E-state index contributed by atoms with van der Waals surface area (Å²) in [5.74, 6) is 0.0249. The lowest BCUT2D eigenvalue weighted by Crippen LogP contribution is -2.17. The Hall–Kier alpha value is -2.08. The van der Waals surface area contributed by atoms with Gasteiger partial charge in [0.2, 0.25) is 0 Å². The van der Waals surface area contributed by atoms with Crippen molar-refractivity contribution in [3.8, 4) is 5.75 Å². The number of carbonyl (C=O) groups is 3. The van der Waals surface area contributed by atoms with Gasteiger partial charge in [0.05, 0.1) is 10.8 Å². The van der Waals surface area contributed by atoms with Gasteiger partial charge in [0, 0.05) is 0 Å². The molecule has 2 aliphatic rings. The van der Waals surface area contributed by atoms with Crippen LogP contribution in [0.15, 0.2) is 23.1 Å². The summed E-state index contributed by atoms with van der Waals surface area (Å²) < 4.78 is 5.33. The summed E-state index contributed by atoms with van der Waals surface area (Å²) in [6, 6.07) is 5.28. The molecule has 1 aliphatic carbocycles. The van der Waals surface area contributed by atoms with Crippen LogP contribution in [0.3, 0.4) is 0 Å². The summed E-state index contributed by atoms with van der Waals surface area (Å²) in [6.07, 6.45) is 3.45. The number of rotatable bonds is 3. The highest BCUT2D eigenvalue weighted by Crippen LogP contribution is 2.32. The number of nitrogens with one attached hydrogen (secondary N) is 1. The van der Waals surface area contributed by atoms with Crippen LogP contribution in [0.25, 0.3) is 6.08 Å². The van der Waals surface area contributed by atoms with Crippen molar-refractivity contribution in [1.29, 1.82) is 0 Å². The topological polar surface area (TPSA) is 72.5 Å². The number of benzene rings is 1. The van der Waals surface area contributed by atoms with Crippen molar-refractivity contribution in [2.24, 2.45) is 5.92 Å². The fourth-order valence-corrected chi connectivity index (χ4v) is 2.64. The van der Waals surface area contributed by atoms with E-state index in [9.17, 15) is 14.4 Å². The van der Waals surface area contributed by atoms with Crippen LogP contribution >= 0.6 is 11.8 Å². The largest absolute Gasteiger partial charge is 0.426 e. The maximum absolute atomic E-state index is 11.6. The molecule has 0 unspecified atom stereocenters. The number of thioether (sulfide) groups is 1. The van der Waals surface area contributed by atoms with Crippen molar-refractivity contribution in [1.82, 2.24) is 5.32 Å². The summed E-state index contributed by atoms with van der Waals surface area (Å²) in [5, 5.41) is 1.84. The predicted molar refractivity (Wildman–Crippen MR) is 78.6 cm³/mol. The second kappa shape index (κ2) is 5.37. The standard InChI is InChI=1S/C15H13NO4S/c1-8-6-9(7-12-13(17)16-15(19)21-12)2-5-11(8)20-14(18)10-3-4-10/h2,5-7,10H,3-4H2,1H3,(H,16,17,19)/b12-7-. The van der Waals surface area contributed by atoms with Crippen molar-refractivity contribution in [3.05, 3.63) is 34.2 Å². The Morgan fingerprint density at radius 2 is 2.14 bits per heavy atom. The molecule has 5 nitrogen and oxygen atoms in total. The van der Waals surface area contributed by atoms with Crippen LogP contribution < -0.4 is 10.1 Å². The van der Waals surface area contributed by atoms with Crippen LogP contribution in [0.4, 0.5) is 4.79 Å².